The highest BCUT2D eigenvalue weighted by molar-refractivity contribution is 5.89. The highest BCUT2D eigenvalue weighted by Gasteiger charge is 2.52. The molecule has 0 saturated heterocycles. The lowest BCUT2D eigenvalue weighted by Crippen LogP contribution is -2.49. The summed E-state index contributed by atoms with van der Waals surface area (Å²) < 4.78 is 11.6. The second kappa shape index (κ2) is 7.76. The maximum Gasteiger partial charge on any atom is 0.338 e. The first-order chi connectivity index (χ1) is 14.6. The summed E-state index contributed by atoms with van der Waals surface area (Å²) in [5.41, 5.74) is 3.98. The smallest absolute Gasteiger partial charge is 0.338 e. The molecule has 2 fully saturated rings. The summed E-state index contributed by atoms with van der Waals surface area (Å²) in [6.45, 7) is 2.52. The second-order valence-corrected chi connectivity index (χ2v) is 9.73. The zero-order valence-electron chi connectivity index (χ0n) is 18.1. The van der Waals surface area contributed by atoms with E-state index in [9.17, 15) is 4.79 Å². The molecule has 0 amide bonds. The average molecular weight is 405 g/mol. The molecule has 0 aromatic heterocycles. The number of methoxy groups -OCH3 is 1. The van der Waals surface area contributed by atoms with E-state index in [4.69, 9.17) is 9.47 Å². The summed E-state index contributed by atoms with van der Waals surface area (Å²) in [4.78, 5) is 12.5. The summed E-state index contributed by atoms with van der Waals surface area (Å²) in [5, 5.41) is 0. The van der Waals surface area contributed by atoms with E-state index in [0.29, 0.717) is 22.8 Å². The van der Waals surface area contributed by atoms with Crippen LogP contribution >= 0.6 is 0 Å². The molecule has 0 bridgehead atoms. The van der Waals surface area contributed by atoms with Gasteiger partial charge in [-0.1, -0.05) is 37.3 Å². The Kier molecular flexibility index (Phi) is 5.08. The maximum absolute atomic E-state index is 12.5. The molecule has 0 radical (unpaired) electrons. The first-order valence-corrected chi connectivity index (χ1v) is 11.5. The van der Waals surface area contributed by atoms with E-state index < -0.39 is 0 Å². The summed E-state index contributed by atoms with van der Waals surface area (Å²) in [6, 6.07) is 16.0. The summed E-state index contributed by atoms with van der Waals surface area (Å²) in [7, 11) is 1.79. The molecule has 2 saturated carbocycles. The Morgan fingerprint density at radius 1 is 1.00 bits per heavy atom. The van der Waals surface area contributed by atoms with Crippen LogP contribution in [0.3, 0.4) is 0 Å². The molecule has 0 unspecified atom stereocenters. The predicted molar refractivity (Wildman–Crippen MR) is 118 cm³/mol. The van der Waals surface area contributed by atoms with Gasteiger partial charge in [-0.25, -0.2) is 4.79 Å². The number of hydrogen-bond donors (Lipinski definition) is 0. The van der Waals surface area contributed by atoms with Crippen molar-refractivity contribution in [2.45, 2.75) is 63.9 Å². The van der Waals surface area contributed by atoms with Crippen LogP contribution in [0.5, 0.6) is 5.75 Å². The fourth-order valence-corrected chi connectivity index (χ4v) is 6.85. The molecule has 2 aromatic carbocycles. The van der Waals surface area contributed by atoms with Crippen molar-refractivity contribution in [3.05, 3.63) is 65.2 Å². The van der Waals surface area contributed by atoms with Crippen LogP contribution in [0.1, 0.15) is 72.9 Å². The van der Waals surface area contributed by atoms with Crippen molar-refractivity contribution in [2.24, 2.45) is 17.3 Å². The minimum Gasteiger partial charge on any atom is -0.496 e. The largest absolute Gasteiger partial charge is 0.496 e. The molecule has 0 heterocycles. The van der Waals surface area contributed by atoms with Crippen molar-refractivity contribution >= 4 is 5.97 Å². The third kappa shape index (κ3) is 3.23. The van der Waals surface area contributed by atoms with Crippen molar-refractivity contribution in [3.63, 3.8) is 0 Å². The molecule has 3 nitrogen and oxygen atoms in total. The molecule has 5 rings (SSSR count). The van der Waals surface area contributed by atoms with Crippen LogP contribution in [0.4, 0.5) is 0 Å². The fraction of sp³-hybridized carbons (Fsp3) is 0.519. The van der Waals surface area contributed by atoms with Crippen LogP contribution in [0.15, 0.2) is 48.5 Å². The van der Waals surface area contributed by atoms with Gasteiger partial charge in [0, 0.05) is 0 Å². The number of carbonyl (C=O) groups excluding carboxylic acids is 1. The normalized spacial score (nSPS) is 32.3. The van der Waals surface area contributed by atoms with E-state index in [2.05, 4.69) is 25.1 Å². The average Bonchev–Trinajstić information content (AvgIpc) is 2.79. The van der Waals surface area contributed by atoms with Crippen molar-refractivity contribution in [1.82, 2.24) is 0 Å². The molecule has 0 N–H and O–H groups in total. The van der Waals surface area contributed by atoms with Gasteiger partial charge in [-0.05, 0) is 97.4 Å². The summed E-state index contributed by atoms with van der Waals surface area (Å²) in [6.07, 6.45) is 8.06. The van der Waals surface area contributed by atoms with Gasteiger partial charge in [0.05, 0.1) is 12.7 Å². The van der Waals surface area contributed by atoms with E-state index in [-0.39, 0.29) is 12.1 Å². The van der Waals surface area contributed by atoms with Crippen LogP contribution in [-0.4, -0.2) is 19.2 Å². The van der Waals surface area contributed by atoms with Gasteiger partial charge in [-0.15, -0.1) is 0 Å². The Balaban J connectivity index is 1.32. The number of carbonyl (C=O) groups is 1. The molecule has 3 aliphatic carbocycles. The second-order valence-electron chi connectivity index (χ2n) is 9.73. The van der Waals surface area contributed by atoms with Crippen LogP contribution < -0.4 is 4.74 Å². The third-order valence-electron chi connectivity index (χ3n) is 8.42. The first-order valence-electron chi connectivity index (χ1n) is 11.5. The Labute approximate surface area is 179 Å². The predicted octanol–water partition coefficient (Wildman–Crippen LogP) is 6.17. The Hall–Kier alpha value is -2.29. The maximum atomic E-state index is 12.5. The third-order valence-corrected chi connectivity index (χ3v) is 8.42. The molecule has 0 aliphatic heterocycles. The van der Waals surface area contributed by atoms with E-state index in [1.54, 1.807) is 7.11 Å². The molecule has 3 aliphatic rings. The van der Waals surface area contributed by atoms with Gasteiger partial charge >= 0.3 is 5.97 Å². The summed E-state index contributed by atoms with van der Waals surface area (Å²) in [5.74, 6) is 2.91. The monoisotopic (exact) mass is 404 g/mol. The first kappa shape index (κ1) is 19.7. The number of hydrogen-bond acceptors (Lipinski definition) is 3. The molecular weight excluding hydrogens is 372 g/mol. The lowest BCUT2D eigenvalue weighted by molar-refractivity contribution is -0.0682. The zero-order chi connectivity index (χ0) is 20.7. The van der Waals surface area contributed by atoms with Crippen molar-refractivity contribution in [3.8, 4) is 5.75 Å². The van der Waals surface area contributed by atoms with Crippen molar-refractivity contribution < 1.29 is 14.3 Å². The van der Waals surface area contributed by atoms with Gasteiger partial charge in [-0.2, -0.15) is 0 Å². The Morgan fingerprint density at radius 3 is 2.63 bits per heavy atom. The van der Waals surface area contributed by atoms with Gasteiger partial charge in [0.15, 0.2) is 0 Å². The zero-order valence-corrected chi connectivity index (χ0v) is 18.1. The molecule has 30 heavy (non-hydrogen) atoms. The van der Waals surface area contributed by atoms with Gasteiger partial charge in [0.1, 0.15) is 11.9 Å². The number of ether oxygens (including phenoxy) is 2. The number of rotatable bonds is 3. The number of fused-ring (bicyclic) bond motifs is 5. The standard InChI is InChI=1S/C27H32O3/c1-27-16-15-20(30-26(28)18-7-4-3-5-8-18)17-19(27)11-12-22-21-9-6-10-25(29-2)23(21)13-14-24(22)27/h3-10,19-20,22,24H,11-17H2,1-2H3/t19-,20+,22+,24+,27-/m0/s1. The van der Waals surface area contributed by atoms with Crippen LogP contribution in [0, 0.1) is 17.3 Å². The van der Waals surface area contributed by atoms with Crippen LogP contribution in [0.25, 0.3) is 0 Å². The topological polar surface area (TPSA) is 35.5 Å². The van der Waals surface area contributed by atoms with E-state index >= 15 is 0 Å². The lowest BCUT2D eigenvalue weighted by Gasteiger charge is -2.56. The molecule has 0 spiro atoms. The number of benzene rings is 2. The van der Waals surface area contributed by atoms with Crippen molar-refractivity contribution in [1.29, 1.82) is 0 Å². The van der Waals surface area contributed by atoms with Crippen LogP contribution in [0.2, 0.25) is 0 Å². The highest BCUT2D eigenvalue weighted by atomic mass is 16.5. The highest BCUT2D eigenvalue weighted by Crippen LogP contribution is 2.61. The molecule has 5 atom stereocenters. The SMILES string of the molecule is COc1cccc2c1CC[C@@H]1[C@@H]2CC[C@H]2C[C@H](OC(=O)c3ccccc3)CC[C@@]21C. The Morgan fingerprint density at radius 2 is 1.83 bits per heavy atom. The number of esters is 1. The fourth-order valence-electron chi connectivity index (χ4n) is 6.85. The Bertz CT molecular complexity index is 921. The minimum atomic E-state index is -0.170. The summed E-state index contributed by atoms with van der Waals surface area (Å²) >= 11 is 0. The van der Waals surface area contributed by atoms with Crippen LogP contribution in [-0.2, 0) is 11.2 Å². The van der Waals surface area contributed by atoms with E-state index in [0.717, 1.165) is 37.4 Å². The molecule has 3 heteroatoms. The van der Waals surface area contributed by atoms with Gasteiger partial charge < -0.3 is 9.47 Å². The quantitative estimate of drug-likeness (QED) is 0.574. The van der Waals surface area contributed by atoms with Crippen molar-refractivity contribution in [2.75, 3.05) is 7.11 Å². The molecular formula is C27H32O3. The van der Waals surface area contributed by atoms with Gasteiger partial charge in [-0.3, -0.25) is 0 Å². The van der Waals surface area contributed by atoms with Gasteiger partial charge in [0.25, 0.3) is 0 Å². The minimum absolute atomic E-state index is 0.0586. The lowest BCUT2D eigenvalue weighted by atomic mass is 9.49. The van der Waals surface area contributed by atoms with E-state index in [1.807, 2.05) is 30.3 Å². The van der Waals surface area contributed by atoms with E-state index in [1.165, 1.54) is 30.4 Å². The molecule has 2 aromatic rings. The molecule has 158 valence electrons. The van der Waals surface area contributed by atoms with Gasteiger partial charge in [0.2, 0.25) is 0 Å².